The van der Waals surface area contributed by atoms with Gasteiger partial charge in [0.15, 0.2) is 0 Å². The van der Waals surface area contributed by atoms with Crippen molar-refractivity contribution in [2.45, 2.75) is 31.5 Å². The molecular formula is C13H16BrN3. The van der Waals surface area contributed by atoms with Crippen LogP contribution in [0.1, 0.15) is 42.8 Å². The first-order valence-electron chi connectivity index (χ1n) is 5.74. The van der Waals surface area contributed by atoms with Crippen LogP contribution in [0.25, 0.3) is 5.69 Å². The van der Waals surface area contributed by atoms with Crippen molar-refractivity contribution in [3.05, 3.63) is 41.7 Å². The fourth-order valence-corrected chi connectivity index (χ4v) is 1.81. The predicted octanol–water partition coefficient (Wildman–Crippen LogP) is 3.85. The van der Waals surface area contributed by atoms with E-state index >= 15 is 0 Å². The minimum absolute atomic E-state index is 0.228. The highest BCUT2D eigenvalue weighted by atomic mass is 79.9. The quantitative estimate of drug-likeness (QED) is 0.805. The molecule has 0 saturated carbocycles. The summed E-state index contributed by atoms with van der Waals surface area (Å²) in [5.74, 6) is 0.554. The molecule has 4 heteroatoms. The SMILES string of the molecule is CC(C)c1ccc(-n2cc(C(C)Br)nn2)cc1. The van der Waals surface area contributed by atoms with Crippen LogP contribution in [0.15, 0.2) is 30.5 Å². The van der Waals surface area contributed by atoms with Crippen molar-refractivity contribution < 1.29 is 0 Å². The molecule has 3 nitrogen and oxygen atoms in total. The van der Waals surface area contributed by atoms with Crippen molar-refractivity contribution in [3.63, 3.8) is 0 Å². The van der Waals surface area contributed by atoms with Crippen LogP contribution in [0.2, 0.25) is 0 Å². The lowest BCUT2D eigenvalue weighted by Gasteiger charge is -2.06. The summed E-state index contributed by atoms with van der Waals surface area (Å²) < 4.78 is 1.80. The molecule has 0 fully saturated rings. The van der Waals surface area contributed by atoms with E-state index in [0.29, 0.717) is 5.92 Å². The average molecular weight is 294 g/mol. The standard InChI is InChI=1S/C13H16BrN3/c1-9(2)11-4-6-12(7-5-11)17-8-13(10(3)14)15-16-17/h4-10H,1-3H3. The molecule has 0 aliphatic heterocycles. The maximum Gasteiger partial charge on any atom is 0.0965 e. The van der Waals surface area contributed by atoms with Crippen LogP contribution in [-0.2, 0) is 0 Å². The lowest BCUT2D eigenvalue weighted by Crippen LogP contribution is -1.95. The lowest BCUT2D eigenvalue weighted by molar-refractivity contribution is 0.795. The van der Waals surface area contributed by atoms with Gasteiger partial charge in [0.1, 0.15) is 0 Å². The van der Waals surface area contributed by atoms with Crippen LogP contribution in [-0.4, -0.2) is 15.0 Å². The summed E-state index contributed by atoms with van der Waals surface area (Å²) >= 11 is 3.48. The highest BCUT2D eigenvalue weighted by molar-refractivity contribution is 9.09. The topological polar surface area (TPSA) is 30.7 Å². The third-order valence-electron chi connectivity index (χ3n) is 2.74. The number of rotatable bonds is 3. The first-order chi connectivity index (χ1) is 8.08. The predicted molar refractivity (Wildman–Crippen MR) is 72.8 cm³/mol. The fraction of sp³-hybridized carbons (Fsp3) is 0.385. The Kier molecular flexibility index (Phi) is 3.62. The molecule has 2 rings (SSSR count). The molecule has 0 N–H and O–H groups in total. The molecule has 0 aliphatic rings. The van der Waals surface area contributed by atoms with E-state index in [4.69, 9.17) is 0 Å². The summed E-state index contributed by atoms with van der Waals surface area (Å²) in [6, 6.07) is 8.43. The molecule has 0 amide bonds. The van der Waals surface area contributed by atoms with Crippen LogP contribution in [0.3, 0.4) is 0 Å². The van der Waals surface area contributed by atoms with Crippen LogP contribution in [0.4, 0.5) is 0 Å². The Bertz CT molecular complexity index is 486. The van der Waals surface area contributed by atoms with Gasteiger partial charge in [-0.1, -0.05) is 47.1 Å². The van der Waals surface area contributed by atoms with Gasteiger partial charge in [0, 0.05) is 0 Å². The highest BCUT2D eigenvalue weighted by Crippen LogP contribution is 2.20. The summed E-state index contributed by atoms with van der Waals surface area (Å²) in [5, 5.41) is 8.23. The summed E-state index contributed by atoms with van der Waals surface area (Å²) in [7, 11) is 0. The van der Waals surface area contributed by atoms with Gasteiger partial charge in [-0.3, -0.25) is 0 Å². The second-order valence-corrected chi connectivity index (χ2v) is 5.82. The number of aromatic nitrogens is 3. The third-order valence-corrected chi connectivity index (χ3v) is 3.21. The number of benzene rings is 1. The molecule has 0 aliphatic carbocycles. The summed E-state index contributed by atoms with van der Waals surface area (Å²) in [4.78, 5) is 0.228. The molecule has 1 heterocycles. The van der Waals surface area contributed by atoms with Crippen LogP contribution in [0, 0.1) is 0 Å². The van der Waals surface area contributed by atoms with Crippen molar-refractivity contribution in [1.29, 1.82) is 0 Å². The van der Waals surface area contributed by atoms with Gasteiger partial charge in [-0.15, -0.1) is 5.10 Å². The van der Waals surface area contributed by atoms with E-state index in [0.717, 1.165) is 11.4 Å². The fourth-order valence-electron chi connectivity index (χ4n) is 1.60. The van der Waals surface area contributed by atoms with E-state index in [9.17, 15) is 0 Å². The summed E-state index contributed by atoms with van der Waals surface area (Å²) in [6.45, 7) is 6.42. The van der Waals surface area contributed by atoms with E-state index in [1.165, 1.54) is 5.56 Å². The van der Waals surface area contributed by atoms with E-state index in [-0.39, 0.29) is 4.83 Å². The molecule has 17 heavy (non-hydrogen) atoms. The molecule has 1 atom stereocenters. The molecule has 2 aromatic rings. The van der Waals surface area contributed by atoms with Gasteiger partial charge >= 0.3 is 0 Å². The van der Waals surface area contributed by atoms with E-state index in [1.807, 2.05) is 13.1 Å². The molecule has 90 valence electrons. The molecule has 0 spiro atoms. The minimum Gasteiger partial charge on any atom is -0.220 e. The third kappa shape index (κ3) is 2.75. The Labute approximate surface area is 110 Å². The number of hydrogen-bond donors (Lipinski definition) is 0. The summed E-state index contributed by atoms with van der Waals surface area (Å²) in [5.41, 5.74) is 3.32. The second kappa shape index (κ2) is 5.00. The Balaban J connectivity index is 2.27. The van der Waals surface area contributed by atoms with Crippen molar-refractivity contribution >= 4 is 15.9 Å². The average Bonchev–Trinajstić information content (AvgIpc) is 2.78. The minimum atomic E-state index is 0.228. The van der Waals surface area contributed by atoms with Crippen LogP contribution >= 0.6 is 15.9 Å². The lowest BCUT2D eigenvalue weighted by atomic mass is 10.0. The Morgan fingerprint density at radius 3 is 2.24 bits per heavy atom. The first kappa shape index (κ1) is 12.3. The molecule has 0 saturated heterocycles. The van der Waals surface area contributed by atoms with Gasteiger partial charge in [0.25, 0.3) is 0 Å². The maximum atomic E-state index is 4.12. The number of halogens is 1. The van der Waals surface area contributed by atoms with Gasteiger partial charge in [-0.25, -0.2) is 4.68 Å². The van der Waals surface area contributed by atoms with Gasteiger partial charge in [-0.05, 0) is 30.5 Å². The number of nitrogens with zero attached hydrogens (tertiary/aromatic N) is 3. The molecule has 0 radical (unpaired) electrons. The molecule has 1 unspecified atom stereocenters. The largest absolute Gasteiger partial charge is 0.220 e. The van der Waals surface area contributed by atoms with Gasteiger partial charge < -0.3 is 0 Å². The van der Waals surface area contributed by atoms with Crippen molar-refractivity contribution in [2.24, 2.45) is 0 Å². The van der Waals surface area contributed by atoms with E-state index in [1.54, 1.807) is 4.68 Å². The smallest absolute Gasteiger partial charge is 0.0965 e. The Morgan fingerprint density at radius 2 is 1.76 bits per heavy atom. The second-order valence-electron chi connectivity index (χ2n) is 4.45. The molecule has 1 aromatic heterocycles. The van der Waals surface area contributed by atoms with Crippen molar-refractivity contribution in [2.75, 3.05) is 0 Å². The van der Waals surface area contributed by atoms with Gasteiger partial charge in [0.05, 0.1) is 22.4 Å². The molecule has 1 aromatic carbocycles. The molecule has 0 bridgehead atoms. The summed E-state index contributed by atoms with van der Waals surface area (Å²) in [6.07, 6.45) is 1.95. The van der Waals surface area contributed by atoms with Crippen molar-refractivity contribution in [3.8, 4) is 5.69 Å². The number of hydrogen-bond acceptors (Lipinski definition) is 2. The number of alkyl halides is 1. The van der Waals surface area contributed by atoms with E-state index < -0.39 is 0 Å². The van der Waals surface area contributed by atoms with Crippen LogP contribution in [0.5, 0.6) is 0 Å². The van der Waals surface area contributed by atoms with Crippen molar-refractivity contribution in [1.82, 2.24) is 15.0 Å². The van der Waals surface area contributed by atoms with Gasteiger partial charge in [-0.2, -0.15) is 0 Å². The van der Waals surface area contributed by atoms with Gasteiger partial charge in [0.2, 0.25) is 0 Å². The zero-order valence-electron chi connectivity index (χ0n) is 10.3. The normalized spacial score (nSPS) is 13.0. The van der Waals surface area contributed by atoms with E-state index in [2.05, 4.69) is 64.4 Å². The Morgan fingerprint density at radius 1 is 1.12 bits per heavy atom. The highest BCUT2D eigenvalue weighted by Gasteiger charge is 2.07. The zero-order valence-corrected chi connectivity index (χ0v) is 11.8. The monoisotopic (exact) mass is 293 g/mol. The Hall–Kier alpha value is -1.16. The molecular weight excluding hydrogens is 278 g/mol. The maximum absolute atomic E-state index is 4.12. The van der Waals surface area contributed by atoms with Crippen LogP contribution < -0.4 is 0 Å². The first-order valence-corrected chi connectivity index (χ1v) is 6.66. The zero-order chi connectivity index (χ0) is 12.4.